The molecule has 0 amide bonds. The van der Waals surface area contributed by atoms with Gasteiger partial charge in [-0.3, -0.25) is 0 Å². The first-order valence-electron chi connectivity index (χ1n) is 6.53. The summed E-state index contributed by atoms with van der Waals surface area (Å²) in [5.74, 6) is -0.184. The molecule has 0 bridgehead atoms. The number of hydrogen-bond acceptors (Lipinski definition) is 2. The Balaban J connectivity index is 2.31. The quantitative estimate of drug-likeness (QED) is 0.912. The van der Waals surface area contributed by atoms with Crippen molar-refractivity contribution in [3.63, 3.8) is 0 Å². The van der Waals surface area contributed by atoms with Crippen LogP contribution in [0.2, 0.25) is 0 Å². The molecule has 0 aliphatic carbocycles. The maximum atomic E-state index is 13.1. The average Bonchev–Trinajstić information content (AvgIpc) is 2.47. The molecule has 0 radical (unpaired) electrons. The molecule has 1 atom stereocenters. The maximum absolute atomic E-state index is 13.1. The van der Waals surface area contributed by atoms with Gasteiger partial charge in [0.2, 0.25) is 0 Å². The van der Waals surface area contributed by atoms with Crippen LogP contribution >= 0.6 is 0 Å². The molecule has 0 heterocycles. The first kappa shape index (κ1) is 15.4. The second-order valence-electron chi connectivity index (χ2n) is 4.70. The SMILES string of the molecule is CC(Oc1ccc(CN)cc1C(F)(F)F)c1ccccc1. The van der Waals surface area contributed by atoms with Crippen LogP contribution in [-0.2, 0) is 12.7 Å². The standard InChI is InChI=1S/C16H16F3NO/c1-11(13-5-3-2-4-6-13)21-15-8-7-12(10-20)9-14(15)16(17,18)19/h2-9,11H,10,20H2,1H3. The molecule has 2 aromatic carbocycles. The van der Waals surface area contributed by atoms with Gasteiger partial charge < -0.3 is 10.5 Å². The Morgan fingerprint density at radius 2 is 1.76 bits per heavy atom. The van der Waals surface area contributed by atoms with Crippen molar-refractivity contribution in [2.45, 2.75) is 25.7 Å². The molecule has 21 heavy (non-hydrogen) atoms. The molecular formula is C16H16F3NO. The second kappa shape index (κ2) is 6.18. The van der Waals surface area contributed by atoms with E-state index in [0.717, 1.165) is 11.6 Å². The Morgan fingerprint density at radius 3 is 2.33 bits per heavy atom. The van der Waals surface area contributed by atoms with Crippen LogP contribution in [0.4, 0.5) is 13.2 Å². The zero-order valence-corrected chi connectivity index (χ0v) is 11.5. The van der Waals surface area contributed by atoms with Crippen molar-refractivity contribution in [3.05, 3.63) is 65.2 Å². The molecule has 0 spiro atoms. The fraction of sp³-hybridized carbons (Fsp3) is 0.250. The maximum Gasteiger partial charge on any atom is 0.419 e. The van der Waals surface area contributed by atoms with E-state index in [-0.39, 0.29) is 12.3 Å². The van der Waals surface area contributed by atoms with Crippen molar-refractivity contribution in [3.8, 4) is 5.75 Å². The first-order chi connectivity index (χ1) is 9.91. The van der Waals surface area contributed by atoms with E-state index in [1.165, 1.54) is 6.07 Å². The van der Waals surface area contributed by atoms with Gasteiger partial charge in [0.05, 0.1) is 5.56 Å². The van der Waals surface area contributed by atoms with E-state index in [0.29, 0.717) is 5.56 Å². The average molecular weight is 295 g/mol. The third-order valence-corrected chi connectivity index (χ3v) is 3.16. The van der Waals surface area contributed by atoms with E-state index >= 15 is 0 Å². The monoisotopic (exact) mass is 295 g/mol. The highest BCUT2D eigenvalue weighted by atomic mass is 19.4. The number of hydrogen-bond donors (Lipinski definition) is 1. The fourth-order valence-corrected chi connectivity index (χ4v) is 2.01. The van der Waals surface area contributed by atoms with E-state index in [2.05, 4.69) is 0 Å². The molecule has 1 unspecified atom stereocenters. The lowest BCUT2D eigenvalue weighted by molar-refractivity contribution is -0.139. The van der Waals surface area contributed by atoms with Gasteiger partial charge in [-0.25, -0.2) is 0 Å². The molecule has 2 N–H and O–H groups in total. The summed E-state index contributed by atoms with van der Waals surface area (Å²) in [4.78, 5) is 0. The fourth-order valence-electron chi connectivity index (χ4n) is 2.01. The summed E-state index contributed by atoms with van der Waals surface area (Å²) in [5, 5.41) is 0. The molecule has 0 aromatic heterocycles. The van der Waals surface area contributed by atoms with E-state index in [1.807, 2.05) is 30.3 Å². The molecule has 112 valence electrons. The molecule has 0 saturated carbocycles. The predicted molar refractivity (Wildman–Crippen MR) is 74.8 cm³/mol. The van der Waals surface area contributed by atoms with Crippen LogP contribution in [0.25, 0.3) is 0 Å². The van der Waals surface area contributed by atoms with Crippen LogP contribution in [-0.4, -0.2) is 0 Å². The summed E-state index contributed by atoms with van der Waals surface area (Å²) in [6, 6.07) is 13.0. The molecule has 0 aliphatic heterocycles. The lowest BCUT2D eigenvalue weighted by Gasteiger charge is -2.19. The van der Waals surface area contributed by atoms with Gasteiger partial charge in [0.25, 0.3) is 0 Å². The minimum atomic E-state index is -4.48. The van der Waals surface area contributed by atoms with Gasteiger partial charge in [0.1, 0.15) is 11.9 Å². The predicted octanol–water partition coefficient (Wildman–Crippen LogP) is 4.30. The Bertz CT molecular complexity index is 596. The topological polar surface area (TPSA) is 35.2 Å². The smallest absolute Gasteiger partial charge is 0.419 e. The third kappa shape index (κ3) is 3.76. The highest BCUT2D eigenvalue weighted by Crippen LogP contribution is 2.38. The number of ether oxygens (including phenoxy) is 1. The van der Waals surface area contributed by atoms with Gasteiger partial charge in [-0.1, -0.05) is 36.4 Å². The van der Waals surface area contributed by atoms with Gasteiger partial charge >= 0.3 is 6.18 Å². The minimum Gasteiger partial charge on any atom is -0.485 e. The molecule has 0 aliphatic rings. The van der Waals surface area contributed by atoms with Gasteiger partial charge in [-0.05, 0) is 30.2 Å². The number of alkyl halides is 3. The van der Waals surface area contributed by atoms with E-state index < -0.39 is 17.8 Å². The van der Waals surface area contributed by atoms with E-state index in [9.17, 15) is 13.2 Å². The van der Waals surface area contributed by atoms with Crippen LogP contribution in [0.15, 0.2) is 48.5 Å². The summed E-state index contributed by atoms with van der Waals surface area (Å²) in [6.45, 7) is 1.77. The number of rotatable bonds is 4. The van der Waals surface area contributed by atoms with Crippen molar-refractivity contribution < 1.29 is 17.9 Å². The first-order valence-corrected chi connectivity index (χ1v) is 6.53. The van der Waals surface area contributed by atoms with Crippen LogP contribution in [0, 0.1) is 0 Å². The second-order valence-corrected chi connectivity index (χ2v) is 4.70. The molecule has 2 nitrogen and oxygen atoms in total. The summed E-state index contributed by atoms with van der Waals surface area (Å²) in [7, 11) is 0. The van der Waals surface area contributed by atoms with Gasteiger partial charge in [0, 0.05) is 6.54 Å². The highest BCUT2D eigenvalue weighted by Gasteiger charge is 2.35. The van der Waals surface area contributed by atoms with Crippen molar-refractivity contribution in [1.82, 2.24) is 0 Å². The zero-order valence-electron chi connectivity index (χ0n) is 11.5. The number of halogens is 3. The lowest BCUT2D eigenvalue weighted by atomic mass is 10.1. The molecule has 2 rings (SSSR count). The summed E-state index contributed by atoms with van der Waals surface area (Å²) >= 11 is 0. The molecule has 5 heteroatoms. The Morgan fingerprint density at radius 1 is 1.10 bits per heavy atom. The molecule has 2 aromatic rings. The normalized spacial score (nSPS) is 13.0. The van der Waals surface area contributed by atoms with Crippen molar-refractivity contribution >= 4 is 0 Å². The van der Waals surface area contributed by atoms with Crippen molar-refractivity contribution in [2.24, 2.45) is 5.73 Å². The Kier molecular flexibility index (Phi) is 4.53. The van der Waals surface area contributed by atoms with Gasteiger partial charge in [-0.2, -0.15) is 13.2 Å². The van der Waals surface area contributed by atoms with E-state index in [1.54, 1.807) is 13.0 Å². The Hall–Kier alpha value is -2.01. The summed E-state index contributed by atoms with van der Waals surface area (Å²) in [6.07, 6.45) is -4.95. The van der Waals surface area contributed by atoms with E-state index in [4.69, 9.17) is 10.5 Å². The van der Waals surface area contributed by atoms with Gasteiger partial charge in [0.15, 0.2) is 0 Å². The molecular weight excluding hydrogens is 279 g/mol. The number of nitrogens with two attached hydrogens (primary N) is 1. The van der Waals surface area contributed by atoms with Crippen LogP contribution in [0.1, 0.15) is 29.7 Å². The summed E-state index contributed by atoms with van der Waals surface area (Å²) in [5.41, 5.74) is 5.83. The van der Waals surface area contributed by atoms with Crippen molar-refractivity contribution in [1.29, 1.82) is 0 Å². The highest BCUT2D eigenvalue weighted by molar-refractivity contribution is 5.40. The number of benzene rings is 2. The van der Waals surface area contributed by atoms with Gasteiger partial charge in [-0.15, -0.1) is 0 Å². The van der Waals surface area contributed by atoms with Crippen molar-refractivity contribution in [2.75, 3.05) is 0 Å². The summed E-state index contributed by atoms with van der Waals surface area (Å²) < 4.78 is 44.8. The zero-order chi connectivity index (χ0) is 15.5. The van der Waals surface area contributed by atoms with Crippen LogP contribution in [0.3, 0.4) is 0 Å². The minimum absolute atomic E-state index is 0.0532. The molecule has 0 saturated heterocycles. The third-order valence-electron chi connectivity index (χ3n) is 3.16. The van der Waals surface area contributed by atoms with Crippen LogP contribution in [0.5, 0.6) is 5.75 Å². The van der Waals surface area contributed by atoms with Crippen LogP contribution < -0.4 is 10.5 Å². The lowest BCUT2D eigenvalue weighted by Crippen LogP contribution is -2.12. The molecule has 0 fully saturated rings. The Labute approximate surface area is 121 Å². The largest absolute Gasteiger partial charge is 0.485 e.